The molecule has 0 bridgehead atoms. The Hall–Kier alpha value is -1.64. The number of aromatic nitrogens is 1. The molecule has 6 nitrogen and oxygen atoms in total. The monoisotopic (exact) mass is 372 g/mol. The quantitative estimate of drug-likeness (QED) is 0.438. The van der Waals surface area contributed by atoms with E-state index >= 15 is 0 Å². The lowest BCUT2D eigenvalue weighted by Crippen LogP contribution is -2.36. The highest BCUT2D eigenvalue weighted by molar-refractivity contribution is 7.85. The number of rotatable bonds is 8. The third kappa shape index (κ3) is 4.93. The average Bonchev–Trinajstić information content (AvgIpc) is 2.83. The fourth-order valence-electron chi connectivity index (χ4n) is 2.39. The summed E-state index contributed by atoms with van der Waals surface area (Å²) in [5.41, 5.74) is 0.963. The van der Waals surface area contributed by atoms with Crippen molar-refractivity contribution in [2.24, 2.45) is 0 Å². The van der Waals surface area contributed by atoms with Crippen molar-refractivity contribution in [2.45, 2.75) is 26.8 Å². The van der Waals surface area contributed by atoms with Gasteiger partial charge in [-0.25, -0.2) is 0 Å². The van der Waals surface area contributed by atoms with Crippen molar-refractivity contribution in [1.29, 1.82) is 0 Å². The lowest BCUT2D eigenvalue weighted by molar-refractivity contribution is -0.668. The Labute approximate surface area is 146 Å². The standard InChI is InChI=1S/C16H21NO5S2/c1-4-22-12(2)10-16-17(8-5-9-24(18,19)20)14-11-13(21-3)6-7-15(14)23-16/h6-7,10-11H,4-5,8-9H2,1-3H3/p+1. The van der Waals surface area contributed by atoms with Gasteiger partial charge in [0.25, 0.3) is 15.1 Å². The summed E-state index contributed by atoms with van der Waals surface area (Å²) in [4.78, 5) is 0. The van der Waals surface area contributed by atoms with Crippen molar-refractivity contribution in [3.63, 3.8) is 0 Å². The zero-order valence-electron chi connectivity index (χ0n) is 14.0. The van der Waals surface area contributed by atoms with Gasteiger partial charge in [0.05, 0.1) is 31.6 Å². The fourth-order valence-corrected chi connectivity index (χ4v) is 4.05. The molecule has 0 saturated carbocycles. The van der Waals surface area contributed by atoms with Gasteiger partial charge in [0, 0.05) is 6.42 Å². The van der Waals surface area contributed by atoms with Crippen molar-refractivity contribution in [3.05, 3.63) is 29.0 Å². The smallest absolute Gasteiger partial charge is 0.266 e. The number of ether oxygens (including phenoxy) is 2. The molecule has 0 atom stereocenters. The van der Waals surface area contributed by atoms with Crippen LogP contribution in [0.2, 0.25) is 0 Å². The minimum Gasteiger partial charge on any atom is -0.498 e. The van der Waals surface area contributed by atoms with Crippen LogP contribution in [-0.4, -0.2) is 32.4 Å². The van der Waals surface area contributed by atoms with Crippen molar-refractivity contribution in [2.75, 3.05) is 19.5 Å². The number of hydrogen-bond donors (Lipinski definition) is 1. The van der Waals surface area contributed by atoms with E-state index in [1.54, 1.807) is 18.4 Å². The third-order valence-corrected chi connectivity index (χ3v) is 5.34. The van der Waals surface area contributed by atoms with Gasteiger partial charge in [0.2, 0.25) is 5.52 Å². The number of methoxy groups -OCH3 is 1. The van der Waals surface area contributed by atoms with E-state index in [9.17, 15) is 8.42 Å². The number of benzene rings is 1. The highest BCUT2D eigenvalue weighted by Gasteiger charge is 2.21. The number of allylic oxidation sites excluding steroid dienone is 1. The van der Waals surface area contributed by atoms with Crippen molar-refractivity contribution < 1.29 is 27.0 Å². The van der Waals surface area contributed by atoms with Crippen LogP contribution in [0.15, 0.2) is 24.0 Å². The first-order valence-corrected chi connectivity index (χ1v) is 10.0. The van der Waals surface area contributed by atoms with Gasteiger partial charge < -0.3 is 9.47 Å². The van der Waals surface area contributed by atoms with Gasteiger partial charge in [-0.05, 0) is 26.0 Å². The van der Waals surface area contributed by atoms with Gasteiger partial charge in [-0.3, -0.25) is 4.55 Å². The molecule has 2 aromatic rings. The summed E-state index contributed by atoms with van der Waals surface area (Å²) < 4.78 is 44.7. The molecule has 0 aliphatic rings. The van der Waals surface area contributed by atoms with Crippen LogP contribution in [0, 0.1) is 0 Å². The predicted octanol–water partition coefficient (Wildman–Crippen LogP) is 2.87. The molecule has 0 radical (unpaired) electrons. The zero-order chi connectivity index (χ0) is 17.7. The molecule has 2 rings (SSSR count). The molecule has 8 heteroatoms. The maximum absolute atomic E-state index is 11.0. The highest BCUT2D eigenvalue weighted by atomic mass is 32.2. The summed E-state index contributed by atoms with van der Waals surface area (Å²) in [6, 6.07) is 5.79. The Morgan fingerprint density at radius 2 is 2.17 bits per heavy atom. The first-order valence-electron chi connectivity index (χ1n) is 7.60. The van der Waals surface area contributed by atoms with Gasteiger partial charge >= 0.3 is 0 Å². The lowest BCUT2D eigenvalue weighted by atomic mass is 10.3. The Morgan fingerprint density at radius 3 is 2.79 bits per heavy atom. The Morgan fingerprint density at radius 1 is 1.42 bits per heavy atom. The molecular weight excluding hydrogens is 350 g/mol. The maximum Gasteiger partial charge on any atom is 0.266 e. The minimum atomic E-state index is -3.96. The first-order chi connectivity index (χ1) is 11.3. The number of thiazole rings is 1. The van der Waals surface area contributed by atoms with Crippen LogP contribution in [0.1, 0.15) is 25.3 Å². The predicted molar refractivity (Wildman–Crippen MR) is 94.9 cm³/mol. The van der Waals surface area contributed by atoms with E-state index < -0.39 is 10.1 Å². The molecule has 0 amide bonds. The Kier molecular flexibility index (Phi) is 6.20. The molecule has 0 aliphatic heterocycles. The second-order valence-corrected chi connectivity index (χ2v) is 7.89. The molecular formula is C16H22NO5S2+. The zero-order valence-corrected chi connectivity index (χ0v) is 15.6. The van der Waals surface area contributed by atoms with E-state index in [1.165, 1.54) is 0 Å². The second-order valence-electron chi connectivity index (χ2n) is 5.25. The molecule has 1 aromatic heterocycles. The second kappa shape index (κ2) is 7.96. The van der Waals surface area contributed by atoms with E-state index in [0.717, 1.165) is 26.7 Å². The Bertz CT molecular complexity index is 840. The molecule has 1 N–H and O–H groups in total. The van der Waals surface area contributed by atoms with Gasteiger partial charge in [-0.2, -0.15) is 13.0 Å². The van der Waals surface area contributed by atoms with Gasteiger partial charge in [0.1, 0.15) is 16.2 Å². The number of aryl methyl sites for hydroxylation is 1. The molecule has 0 aliphatic carbocycles. The van der Waals surface area contributed by atoms with Crippen LogP contribution < -0.4 is 9.30 Å². The van der Waals surface area contributed by atoms with Crippen LogP contribution in [0.4, 0.5) is 0 Å². The van der Waals surface area contributed by atoms with Crippen LogP contribution in [-0.2, 0) is 21.4 Å². The highest BCUT2D eigenvalue weighted by Crippen LogP contribution is 2.26. The van der Waals surface area contributed by atoms with Crippen molar-refractivity contribution in [3.8, 4) is 5.75 Å². The summed E-state index contributed by atoms with van der Waals surface area (Å²) in [5.74, 6) is 1.26. The SMILES string of the molecule is CCOC(C)=Cc1sc2ccc(OC)cc2[n+]1CCCS(=O)(=O)O. The molecule has 0 saturated heterocycles. The van der Waals surface area contributed by atoms with E-state index in [-0.39, 0.29) is 5.75 Å². The third-order valence-electron chi connectivity index (χ3n) is 3.42. The van der Waals surface area contributed by atoms with Gasteiger partial charge in [0.15, 0.2) is 6.54 Å². The van der Waals surface area contributed by atoms with E-state index in [1.807, 2.05) is 42.7 Å². The first kappa shape index (κ1) is 18.7. The molecule has 0 unspecified atom stereocenters. The van der Waals surface area contributed by atoms with Crippen LogP contribution in [0.25, 0.3) is 16.3 Å². The van der Waals surface area contributed by atoms with Crippen LogP contribution >= 0.6 is 11.3 Å². The lowest BCUT2D eigenvalue weighted by Gasteiger charge is -2.02. The van der Waals surface area contributed by atoms with Crippen LogP contribution in [0.3, 0.4) is 0 Å². The van der Waals surface area contributed by atoms with E-state index in [0.29, 0.717) is 19.6 Å². The summed E-state index contributed by atoms with van der Waals surface area (Å²) in [7, 11) is -2.36. The summed E-state index contributed by atoms with van der Waals surface area (Å²) in [6.07, 6.45) is 2.26. The van der Waals surface area contributed by atoms with Crippen LogP contribution in [0.5, 0.6) is 5.75 Å². The number of nitrogens with zero attached hydrogens (tertiary/aromatic N) is 1. The van der Waals surface area contributed by atoms with Crippen molar-refractivity contribution >= 4 is 37.7 Å². The summed E-state index contributed by atoms with van der Waals surface area (Å²) in [5, 5.41) is 0.958. The van der Waals surface area contributed by atoms with E-state index in [2.05, 4.69) is 0 Å². The minimum absolute atomic E-state index is 0.269. The molecule has 1 heterocycles. The summed E-state index contributed by atoms with van der Waals surface area (Å²) in [6.45, 7) is 4.87. The fraction of sp³-hybridized carbons (Fsp3) is 0.438. The number of hydrogen-bond acceptors (Lipinski definition) is 5. The largest absolute Gasteiger partial charge is 0.498 e. The molecule has 0 fully saturated rings. The molecule has 1 aromatic carbocycles. The Balaban J connectivity index is 2.42. The van der Waals surface area contributed by atoms with Gasteiger partial charge in [-0.1, -0.05) is 11.3 Å². The van der Waals surface area contributed by atoms with Gasteiger partial charge in [-0.15, -0.1) is 0 Å². The molecule has 132 valence electrons. The summed E-state index contributed by atoms with van der Waals surface area (Å²) >= 11 is 1.59. The molecule has 24 heavy (non-hydrogen) atoms. The van der Waals surface area contributed by atoms with E-state index in [4.69, 9.17) is 14.0 Å². The average molecular weight is 372 g/mol. The number of fused-ring (bicyclic) bond motifs is 1. The normalized spacial score (nSPS) is 12.6. The topological polar surface area (TPSA) is 76.7 Å². The molecule has 0 spiro atoms. The maximum atomic E-state index is 11.0. The van der Waals surface area contributed by atoms with Crippen molar-refractivity contribution in [1.82, 2.24) is 0 Å².